The number of aryl methyl sites for hydroxylation is 2. The lowest BCUT2D eigenvalue weighted by Crippen LogP contribution is -2.14. The van der Waals surface area contributed by atoms with Gasteiger partial charge in [0.15, 0.2) is 0 Å². The summed E-state index contributed by atoms with van der Waals surface area (Å²) in [6.45, 7) is 10.2. The highest BCUT2D eigenvalue weighted by molar-refractivity contribution is 7.99. The van der Waals surface area contributed by atoms with Crippen LogP contribution in [0.3, 0.4) is 0 Å². The molecule has 0 aliphatic heterocycles. The van der Waals surface area contributed by atoms with Crippen LogP contribution in [0.25, 0.3) is 5.69 Å². The quantitative estimate of drug-likeness (QED) is 0.672. The van der Waals surface area contributed by atoms with Gasteiger partial charge in [-0.05, 0) is 47.5 Å². The topological polar surface area (TPSA) is 98.7 Å². The molecule has 2 heterocycles. The van der Waals surface area contributed by atoms with Crippen molar-refractivity contribution in [2.24, 2.45) is 0 Å². The van der Waals surface area contributed by atoms with Crippen molar-refractivity contribution < 1.29 is 9.32 Å². The summed E-state index contributed by atoms with van der Waals surface area (Å²) in [5.74, 6) is 0.266. The lowest BCUT2D eigenvalue weighted by atomic mass is 9.92. The number of carbonyl (C=O) groups excluding carboxylic acids is 1. The average Bonchev–Trinajstić information content (AvgIpc) is 3.24. The van der Waals surface area contributed by atoms with Crippen LogP contribution in [0.2, 0.25) is 0 Å². The third-order valence-corrected chi connectivity index (χ3v) is 4.97. The van der Waals surface area contributed by atoms with Crippen LogP contribution in [0, 0.1) is 13.8 Å². The fourth-order valence-electron chi connectivity index (χ4n) is 2.28. The Hall–Kier alpha value is -2.68. The standard InChI is InChI=1S/C18H22N6O2S/c1-11-6-7-13(8-12(11)2)24-17(20-22-23-24)27-10-15(25)19-16-9-14(21-26-16)18(3,4)5/h6-9H,10H2,1-5H3,(H,19,25). The number of tetrazole rings is 1. The minimum absolute atomic E-state index is 0.143. The van der Waals surface area contributed by atoms with E-state index in [-0.39, 0.29) is 17.1 Å². The van der Waals surface area contributed by atoms with Crippen LogP contribution in [0.5, 0.6) is 0 Å². The molecule has 0 saturated heterocycles. The van der Waals surface area contributed by atoms with Gasteiger partial charge in [0.1, 0.15) is 0 Å². The number of anilines is 1. The second-order valence-corrected chi connectivity index (χ2v) is 8.25. The molecular formula is C18H22N6O2S. The summed E-state index contributed by atoms with van der Waals surface area (Å²) in [5.41, 5.74) is 3.84. The maximum Gasteiger partial charge on any atom is 0.237 e. The first-order valence-corrected chi connectivity index (χ1v) is 9.48. The zero-order chi connectivity index (χ0) is 19.6. The molecule has 0 aliphatic carbocycles. The zero-order valence-electron chi connectivity index (χ0n) is 16.0. The minimum Gasteiger partial charge on any atom is -0.338 e. The fraction of sp³-hybridized carbons (Fsp3) is 0.389. The third kappa shape index (κ3) is 4.54. The van der Waals surface area contributed by atoms with Crippen LogP contribution in [0.1, 0.15) is 37.6 Å². The number of nitrogens with zero attached hydrogens (tertiary/aromatic N) is 5. The molecule has 3 aromatic rings. The van der Waals surface area contributed by atoms with E-state index in [9.17, 15) is 4.79 Å². The predicted molar refractivity (Wildman–Crippen MR) is 103 cm³/mol. The van der Waals surface area contributed by atoms with Gasteiger partial charge in [0.25, 0.3) is 0 Å². The normalized spacial score (nSPS) is 11.6. The van der Waals surface area contributed by atoms with E-state index in [1.54, 1.807) is 10.7 Å². The van der Waals surface area contributed by atoms with E-state index in [0.717, 1.165) is 16.9 Å². The van der Waals surface area contributed by atoms with Gasteiger partial charge in [0, 0.05) is 11.5 Å². The summed E-state index contributed by atoms with van der Waals surface area (Å²) < 4.78 is 6.80. The van der Waals surface area contributed by atoms with E-state index >= 15 is 0 Å². The number of amides is 1. The van der Waals surface area contributed by atoms with Gasteiger partial charge in [0.2, 0.25) is 16.9 Å². The monoisotopic (exact) mass is 386 g/mol. The first-order chi connectivity index (χ1) is 12.7. The molecule has 1 aromatic carbocycles. The summed E-state index contributed by atoms with van der Waals surface area (Å²) in [6, 6.07) is 7.72. The smallest absolute Gasteiger partial charge is 0.237 e. The van der Waals surface area contributed by atoms with Crippen LogP contribution >= 0.6 is 11.8 Å². The number of thioether (sulfide) groups is 1. The summed E-state index contributed by atoms with van der Waals surface area (Å²) in [6.07, 6.45) is 0. The average molecular weight is 386 g/mol. The molecule has 0 unspecified atom stereocenters. The van der Waals surface area contributed by atoms with E-state index in [0.29, 0.717) is 11.0 Å². The molecule has 0 aliphatic rings. The van der Waals surface area contributed by atoms with E-state index < -0.39 is 0 Å². The molecule has 8 nitrogen and oxygen atoms in total. The molecule has 1 N–H and O–H groups in total. The highest BCUT2D eigenvalue weighted by atomic mass is 32.2. The first-order valence-electron chi connectivity index (χ1n) is 8.50. The van der Waals surface area contributed by atoms with E-state index in [1.807, 2.05) is 52.8 Å². The number of benzene rings is 1. The van der Waals surface area contributed by atoms with Gasteiger partial charge in [-0.1, -0.05) is 43.8 Å². The second kappa shape index (κ2) is 7.51. The van der Waals surface area contributed by atoms with Crippen molar-refractivity contribution in [3.05, 3.63) is 41.1 Å². The molecule has 27 heavy (non-hydrogen) atoms. The molecule has 0 fully saturated rings. The number of hydrogen-bond donors (Lipinski definition) is 1. The second-order valence-electron chi connectivity index (χ2n) is 7.31. The molecular weight excluding hydrogens is 364 g/mol. The number of aromatic nitrogens is 5. The molecule has 3 rings (SSSR count). The summed E-state index contributed by atoms with van der Waals surface area (Å²) in [4.78, 5) is 12.2. The zero-order valence-corrected chi connectivity index (χ0v) is 16.8. The maximum atomic E-state index is 12.2. The van der Waals surface area contributed by atoms with E-state index in [4.69, 9.17) is 4.52 Å². The van der Waals surface area contributed by atoms with Gasteiger partial charge in [-0.15, -0.1) is 5.10 Å². The van der Waals surface area contributed by atoms with Crippen molar-refractivity contribution in [3.63, 3.8) is 0 Å². The van der Waals surface area contributed by atoms with Crippen molar-refractivity contribution in [2.45, 2.75) is 45.2 Å². The highest BCUT2D eigenvalue weighted by Crippen LogP contribution is 2.24. The highest BCUT2D eigenvalue weighted by Gasteiger charge is 2.20. The van der Waals surface area contributed by atoms with Crippen molar-refractivity contribution in [1.29, 1.82) is 0 Å². The lowest BCUT2D eigenvalue weighted by molar-refractivity contribution is -0.113. The number of carbonyl (C=O) groups is 1. The largest absolute Gasteiger partial charge is 0.338 e. The third-order valence-electron chi connectivity index (χ3n) is 4.05. The number of hydrogen-bond acceptors (Lipinski definition) is 7. The van der Waals surface area contributed by atoms with Gasteiger partial charge in [-0.2, -0.15) is 4.68 Å². The predicted octanol–water partition coefficient (Wildman–Crippen LogP) is 3.30. The Morgan fingerprint density at radius 3 is 2.67 bits per heavy atom. The Morgan fingerprint density at radius 1 is 1.22 bits per heavy atom. The number of rotatable bonds is 5. The SMILES string of the molecule is Cc1ccc(-n2nnnc2SCC(=O)Nc2cc(C(C)(C)C)no2)cc1C. The van der Waals surface area contributed by atoms with Crippen LogP contribution in [-0.4, -0.2) is 37.0 Å². The van der Waals surface area contributed by atoms with Gasteiger partial charge in [-0.3, -0.25) is 10.1 Å². The van der Waals surface area contributed by atoms with Crippen molar-refractivity contribution in [1.82, 2.24) is 25.4 Å². The molecule has 2 aromatic heterocycles. The van der Waals surface area contributed by atoms with E-state index in [1.165, 1.54) is 17.3 Å². The fourth-order valence-corrected chi connectivity index (χ4v) is 2.97. The van der Waals surface area contributed by atoms with Gasteiger partial charge in [-0.25, -0.2) is 0 Å². The van der Waals surface area contributed by atoms with Crippen molar-refractivity contribution >= 4 is 23.6 Å². The van der Waals surface area contributed by atoms with Crippen LogP contribution in [0.4, 0.5) is 5.88 Å². The molecule has 0 bridgehead atoms. The van der Waals surface area contributed by atoms with Crippen LogP contribution < -0.4 is 5.32 Å². The Labute approximate surface area is 161 Å². The molecule has 0 spiro atoms. The lowest BCUT2D eigenvalue weighted by Gasteiger charge is -2.12. The Bertz CT molecular complexity index is 957. The van der Waals surface area contributed by atoms with Gasteiger partial charge >= 0.3 is 0 Å². The summed E-state index contributed by atoms with van der Waals surface area (Å²) in [5, 5.41) is 19.0. The molecule has 0 saturated carbocycles. The maximum absolute atomic E-state index is 12.2. The Balaban J connectivity index is 1.64. The molecule has 142 valence electrons. The van der Waals surface area contributed by atoms with Gasteiger partial charge < -0.3 is 4.52 Å². The molecule has 0 atom stereocenters. The Morgan fingerprint density at radius 2 is 2.00 bits per heavy atom. The van der Waals surface area contributed by atoms with Crippen molar-refractivity contribution in [3.8, 4) is 5.69 Å². The van der Waals surface area contributed by atoms with E-state index in [2.05, 4.69) is 26.0 Å². The minimum atomic E-state index is -0.216. The Kier molecular flexibility index (Phi) is 5.31. The first kappa shape index (κ1) is 19.1. The van der Waals surface area contributed by atoms with Crippen LogP contribution in [-0.2, 0) is 10.2 Å². The van der Waals surface area contributed by atoms with Gasteiger partial charge in [0.05, 0.1) is 17.1 Å². The summed E-state index contributed by atoms with van der Waals surface area (Å²) in [7, 11) is 0. The molecule has 1 amide bonds. The molecule has 0 radical (unpaired) electrons. The number of nitrogens with one attached hydrogen (secondary N) is 1. The molecule has 9 heteroatoms. The summed E-state index contributed by atoms with van der Waals surface area (Å²) >= 11 is 1.25. The van der Waals surface area contributed by atoms with Crippen LogP contribution in [0.15, 0.2) is 33.9 Å². The van der Waals surface area contributed by atoms with Crippen molar-refractivity contribution in [2.75, 3.05) is 11.1 Å².